The van der Waals surface area contributed by atoms with E-state index in [1.54, 1.807) is 0 Å². The molecule has 3 heteroatoms. The van der Waals surface area contributed by atoms with Crippen molar-refractivity contribution in [2.75, 3.05) is 0 Å². The van der Waals surface area contributed by atoms with E-state index >= 15 is 0 Å². The molecular formula is C20H18BrOP. The van der Waals surface area contributed by atoms with E-state index in [0.29, 0.717) is 5.92 Å². The van der Waals surface area contributed by atoms with Crippen LogP contribution in [-0.2, 0) is 4.57 Å². The van der Waals surface area contributed by atoms with E-state index in [4.69, 9.17) is 0 Å². The van der Waals surface area contributed by atoms with Gasteiger partial charge in [-0.2, -0.15) is 0 Å². The Hall–Kier alpha value is -1.37. The van der Waals surface area contributed by atoms with E-state index in [9.17, 15) is 4.57 Å². The second kappa shape index (κ2) is 5.92. The van der Waals surface area contributed by atoms with Gasteiger partial charge in [0.15, 0.2) is 7.14 Å². The van der Waals surface area contributed by atoms with E-state index in [-0.39, 0.29) is 5.92 Å². The first-order valence-corrected chi connectivity index (χ1v) is 10.5. The monoisotopic (exact) mass is 384 g/mol. The number of hydrogen-bond acceptors (Lipinski definition) is 1. The quantitative estimate of drug-likeness (QED) is 0.524. The first kappa shape index (κ1) is 15.2. The Balaban J connectivity index is 1.98. The summed E-state index contributed by atoms with van der Waals surface area (Å²) in [7, 11) is -2.82. The topological polar surface area (TPSA) is 17.1 Å². The Kier molecular flexibility index (Phi) is 3.91. The highest BCUT2D eigenvalue weighted by molar-refractivity contribution is 9.11. The van der Waals surface area contributed by atoms with Crippen molar-refractivity contribution in [2.45, 2.75) is 12.8 Å². The summed E-state index contributed by atoms with van der Waals surface area (Å²) in [6, 6.07) is 19.9. The van der Waals surface area contributed by atoms with Gasteiger partial charge in [0.25, 0.3) is 0 Å². The smallest absolute Gasteiger partial charge is 0.168 e. The van der Waals surface area contributed by atoms with Crippen molar-refractivity contribution in [3.05, 3.63) is 82.6 Å². The Morgan fingerprint density at radius 2 is 1.26 bits per heavy atom. The standard InChI is InChI=1S/C20H18BrOP/c21-19-15-11-13-16(14-12-15)20(19)23(22,17-7-3-1-4-8-17)18-9-5-2-6-10-18/h1-11,13,15-16H,12,14H2. The molecule has 5 rings (SSSR count). The Morgan fingerprint density at radius 1 is 0.783 bits per heavy atom. The Bertz CT molecular complexity index is 780. The first-order valence-electron chi connectivity index (χ1n) is 8.01. The van der Waals surface area contributed by atoms with Crippen molar-refractivity contribution in [2.24, 2.45) is 11.8 Å². The number of allylic oxidation sites excluding steroid dienone is 4. The molecular weight excluding hydrogens is 367 g/mol. The van der Waals surface area contributed by atoms with Gasteiger partial charge in [0.05, 0.1) is 0 Å². The van der Waals surface area contributed by atoms with Gasteiger partial charge in [-0.15, -0.1) is 0 Å². The van der Waals surface area contributed by atoms with Crippen LogP contribution in [0.4, 0.5) is 0 Å². The maximum Gasteiger partial charge on any atom is 0.168 e. The van der Waals surface area contributed by atoms with E-state index in [2.05, 4.69) is 28.1 Å². The molecule has 2 bridgehead atoms. The van der Waals surface area contributed by atoms with Crippen LogP contribution in [0, 0.1) is 11.8 Å². The van der Waals surface area contributed by atoms with E-state index < -0.39 is 7.14 Å². The zero-order valence-corrected chi connectivity index (χ0v) is 15.2. The third kappa shape index (κ3) is 2.40. The van der Waals surface area contributed by atoms with Crippen LogP contribution in [0.2, 0.25) is 0 Å². The molecule has 2 atom stereocenters. The van der Waals surface area contributed by atoms with Crippen LogP contribution in [-0.4, -0.2) is 0 Å². The Labute approximate surface area is 145 Å². The largest absolute Gasteiger partial charge is 0.309 e. The minimum absolute atomic E-state index is 0.278. The lowest BCUT2D eigenvalue weighted by atomic mass is 9.82. The molecule has 0 spiro atoms. The molecule has 1 nitrogen and oxygen atoms in total. The van der Waals surface area contributed by atoms with Gasteiger partial charge in [-0.05, 0) is 12.8 Å². The van der Waals surface area contributed by atoms with Crippen molar-refractivity contribution in [3.63, 3.8) is 0 Å². The normalized spacial score (nSPS) is 23.3. The van der Waals surface area contributed by atoms with Gasteiger partial charge in [-0.3, -0.25) is 0 Å². The van der Waals surface area contributed by atoms with Crippen molar-refractivity contribution < 1.29 is 4.57 Å². The lowest BCUT2D eigenvalue weighted by molar-refractivity contribution is 0.509. The van der Waals surface area contributed by atoms with Crippen LogP contribution in [0.3, 0.4) is 0 Å². The van der Waals surface area contributed by atoms with Crippen molar-refractivity contribution in [1.29, 1.82) is 0 Å². The summed E-state index contributed by atoms with van der Waals surface area (Å²) in [5, 5.41) is 2.96. The lowest BCUT2D eigenvalue weighted by Crippen LogP contribution is -2.27. The predicted octanol–water partition coefficient (Wildman–Crippen LogP) is 5.20. The molecule has 0 saturated heterocycles. The average molecular weight is 385 g/mol. The molecule has 3 aliphatic rings. The molecule has 0 heterocycles. The summed E-state index contributed by atoms with van der Waals surface area (Å²) < 4.78 is 15.6. The molecule has 23 heavy (non-hydrogen) atoms. The van der Waals surface area contributed by atoms with E-state index in [0.717, 1.165) is 33.2 Å². The zero-order chi connectivity index (χ0) is 15.9. The third-order valence-corrected chi connectivity index (χ3v) is 9.49. The zero-order valence-electron chi connectivity index (χ0n) is 12.7. The maximum absolute atomic E-state index is 14.5. The molecule has 0 radical (unpaired) electrons. The fourth-order valence-electron chi connectivity index (χ4n) is 3.71. The van der Waals surface area contributed by atoms with Crippen LogP contribution in [0.15, 0.2) is 82.6 Å². The van der Waals surface area contributed by atoms with E-state index in [1.807, 2.05) is 60.7 Å². The highest BCUT2D eigenvalue weighted by atomic mass is 79.9. The summed E-state index contributed by atoms with van der Waals surface area (Å²) in [4.78, 5) is 0. The van der Waals surface area contributed by atoms with Crippen LogP contribution in [0.1, 0.15) is 12.8 Å². The van der Waals surface area contributed by atoms with Gasteiger partial charge in [-0.25, -0.2) is 0 Å². The van der Waals surface area contributed by atoms with E-state index in [1.165, 1.54) is 0 Å². The fourth-order valence-corrected chi connectivity index (χ4v) is 8.32. The molecule has 0 aliphatic heterocycles. The van der Waals surface area contributed by atoms with Crippen LogP contribution >= 0.6 is 23.1 Å². The van der Waals surface area contributed by atoms with Crippen LogP contribution in [0.25, 0.3) is 0 Å². The highest BCUT2D eigenvalue weighted by Gasteiger charge is 2.42. The van der Waals surface area contributed by atoms with Gasteiger partial charge in [0.1, 0.15) is 0 Å². The number of halogens is 1. The van der Waals surface area contributed by atoms with Crippen LogP contribution in [0.5, 0.6) is 0 Å². The highest BCUT2D eigenvalue weighted by Crippen LogP contribution is 2.62. The number of fused-ring (bicyclic) bond motifs is 1. The Morgan fingerprint density at radius 3 is 1.70 bits per heavy atom. The van der Waals surface area contributed by atoms with Crippen molar-refractivity contribution in [3.8, 4) is 0 Å². The molecule has 2 aromatic rings. The number of benzene rings is 2. The summed E-state index contributed by atoms with van der Waals surface area (Å²) in [5.41, 5.74) is 0. The van der Waals surface area contributed by atoms with Gasteiger partial charge < -0.3 is 4.57 Å². The molecule has 0 saturated carbocycles. The SMILES string of the molecule is O=P(C1=C(Br)C2C=CC1CC2)(c1ccccc1)c1ccccc1. The van der Waals surface area contributed by atoms with Crippen molar-refractivity contribution in [1.82, 2.24) is 0 Å². The first-order chi connectivity index (χ1) is 11.2. The minimum atomic E-state index is -2.82. The van der Waals surface area contributed by atoms with Gasteiger partial charge in [0, 0.05) is 32.2 Å². The van der Waals surface area contributed by atoms with Gasteiger partial charge in [-0.1, -0.05) is 88.7 Å². The van der Waals surface area contributed by atoms with Gasteiger partial charge >= 0.3 is 0 Å². The summed E-state index contributed by atoms with van der Waals surface area (Å²) in [6.45, 7) is 0. The molecule has 0 aromatic heterocycles. The second-order valence-electron chi connectivity index (χ2n) is 6.19. The molecule has 0 N–H and O–H groups in total. The molecule has 3 aliphatic carbocycles. The molecule has 0 fully saturated rings. The lowest BCUT2D eigenvalue weighted by Gasteiger charge is -2.37. The maximum atomic E-state index is 14.5. The van der Waals surface area contributed by atoms with Crippen molar-refractivity contribution >= 4 is 33.7 Å². The van der Waals surface area contributed by atoms with Gasteiger partial charge in [0.2, 0.25) is 0 Å². The fraction of sp³-hybridized carbons (Fsp3) is 0.200. The molecule has 2 aromatic carbocycles. The summed E-state index contributed by atoms with van der Waals surface area (Å²) in [5.74, 6) is 0.663. The average Bonchev–Trinajstić information content (AvgIpc) is 2.63. The number of hydrogen-bond donors (Lipinski definition) is 0. The third-order valence-electron chi connectivity index (χ3n) is 4.86. The number of rotatable bonds is 3. The molecule has 0 amide bonds. The summed E-state index contributed by atoms with van der Waals surface area (Å²) >= 11 is 3.80. The predicted molar refractivity (Wildman–Crippen MR) is 101 cm³/mol. The second-order valence-corrected chi connectivity index (χ2v) is 9.78. The molecule has 2 unspecified atom stereocenters. The molecule has 116 valence electrons. The minimum Gasteiger partial charge on any atom is -0.309 e. The van der Waals surface area contributed by atoms with Crippen LogP contribution < -0.4 is 10.6 Å². The summed E-state index contributed by atoms with van der Waals surface area (Å²) in [6.07, 6.45) is 6.76.